The molecule has 2 amide bonds. The van der Waals surface area contributed by atoms with Crippen LogP contribution in [0.25, 0.3) is 0 Å². The highest BCUT2D eigenvalue weighted by Gasteiger charge is 2.52. The number of esters is 1. The van der Waals surface area contributed by atoms with Crippen LogP contribution >= 0.6 is 0 Å². The molecule has 0 aromatic heterocycles. The first kappa shape index (κ1) is 74.9. The number of nitrogens with zero attached hydrogens (tertiary/aromatic N) is 2. The molecule has 20 atom stereocenters. The Kier molecular flexibility index (Phi) is 33.4. The first-order valence-electron chi connectivity index (χ1n) is 31.0. The van der Waals surface area contributed by atoms with Gasteiger partial charge in [-0.15, -0.1) is 0 Å². The lowest BCUT2D eigenvalue weighted by molar-refractivity contribution is -0.312. The van der Waals surface area contributed by atoms with Crippen molar-refractivity contribution in [3.8, 4) is 0 Å². The summed E-state index contributed by atoms with van der Waals surface area (Å²) in [5, 5.41) is 125. The number of hydrogen-bond donors (Lipinski definition) is 14. The molecule has 24 heteroatoms. The summed E-state index contributed by atoms with van der Waals surface area (Å²) in [6, 6.07) is -1.52. The molecule has 0 unspecified atom stereocenters. The second-order valence-electron chi connectivity index (χ2n) is 23.9. The zero-order valence-electron chi connectivity index (χ0n) is 51.1. The van der Waals surface area contributed by atoms with Crippen molar-refractivity contribution < 1.29 is 94.3 Å². The van der Waals surface area contributed by atoms with Gasteiger partial charge >= 0.3 is 11.9 Å². The number of carboxylic acid groups (broad SMARTS) is 1. The molecule has 0 spiro atoms. The van der Waals surface area contributed by atoms with Gasteiger partial charge < -0.3 is 96.8 Å². The number of aliphatic hydroxyl groups excluding tert-OH is 9. The molecule has 2 bridgehead atoms. The molecule has 87 heavy (non-hydrogen) atoms. The Morgan fingerprint density at radius 3 is 1.93 bits per heavy atom. The fraction of sp³-hybridized carbons (Fsp3) is 0.714. The first-order valence-corrected chi connectivity index (χ1v) is 31.0. The molecule has 0 radical (unpaired) electrons. The number of piperazine rings is 1. The summed E-state index contributed by atoms with van der Waals surface area (Å²) in [6.07, 6.45) is 7.46. The highest BCUT2D eigenvalue weighted by atomic mass is 16.7. The van der Waals surface area contributed by atoms with Crippen molar-refractivity contribution in [1.82, 2.24) is 15.1 Å². The van der Waals surface area contributed by atoms with Gasteiger partial charge in [-0.25, -0.2) is 0 Å². The number of aliphatic carboxylic acids is 1. The number of aliphatic hydroxyl groups is 10. The number of carbonyl (C=O) groups excluding carboxylic acids is 3. The Hall–Kier alpha value is -4.58. The fourth-order valence-electron chi connectivity index (χ4n) is 11.3. The summed E-state index contributed by atoms with van der Waals surface area (Å²) in [4.78, 5) is 54.7. The molecule has 24 nitrogen and oxygen atoms in total. The van der Waals surface area contributed by atoms with Crippen LogP contribution < -0.4 is 16.8 Å². The quantitative estimate of drug-likeness (QED) is 0.0804. The van der Waals surface area contributed by atoms with Crippen molar-refractivity contribution in [2.75, 3.05) is 39.3 Å². The lowest BCUT2D eigenvalue weighted by Gasteiger charge is -2.49. The van der Waals surface area contributed by atoms with Crippen molar-refractivity contribution in [2.24, 2.45) is 29.2 Å². The predicted molar refractivity (Wildman–Crippen MR) is 323 cm³/mol. The number of nitrogens with two attached hydrogens (primary N) is 2. The van der Waals surface area contributed by atoms with E-state index >= 15 is 0 Å². The lowest BCUT2D eigenvalue weighted by Crippen LogP contribution is -2.66. The minimum Gasteiger partial charge on any atom is -0.481 e. The maximum atomic E-state index is 13.3. The molecule has 0 aliphatic carbocycles. The van der Waals surface area contributed by atoms with E-state index in [1.54, 1.807) is 92.5 Å². The van der Waals surface area contributed by atoms with Crippen LogP contribution in [-0.2, 0) is 38.1 Å². The Labute approximate surface area is 512 Å². The molecule has 4 aliphatic heterocycles. The number of rotatable bonds is 15. The molecule has 3 saturated heterocycles. The van der Waals surface area contributed by atoms with Gasteiger partial charge in [-0.05, 0) is 65.3 Å². The maximum Gasteiger partial charge on any atom is 0.311 e. The number of amides is 2. The van der Waals surface area contributed by atoms with Crippen LogP contribution in [0.15, 0.2) is 85.1 Å². The molecular formula is C63H103N5O19. The van der Waals surface area contributed by atoms with Crippen molar-refractivity contribution in [1.29, 1.82) is 0 Å². The Bertz CT molecular complexity index is 2280. The van der Waals surface area contributed by atoms with Gasteiger partial charge in [0.05, 0.1) is 85.6 Å². The SMILES string of the molecule is C[C@@H]1[C@H](O)[C@@H](C)/C=C/C=C/C=C/C=C/C=C/C=C/C=C/[C@H](O[C@@H]2O[C@H](C)[C@@H](O)[C@H](N3CCN(C(=O)CCCCCNC(=O)[C@@H](N)CCCCN)CC3)[C@@H]2O)C[C@@H]2O[C@](O)(C[C@@H](O)C[C@@H](O)[C@H](O)CC[C@@H](O)C[C@@H](O)CC(=O)O[C@H]1C)C[C@H](O)[C@H]2C(=O)O. The van der Waals surface area contributed by atoms with E-state index in [4.69, 9.17) is 30.4 Å². The molecule has 4 rings (SSSR count). The normalized spacial score (nSPS) is 38.6. The van der Waals surface area contributed by atoms with E-state index in [0.717, 1.165) is 19.3 Å². The number of carboxylic acids is 1. The number of nitrogens with one attached hydrogen (secondary N) is 1. The van der Waals surface area contributed by atoms with Gasteiger partial charge in [0.15, 0.2) is 12.1 Å². The Morgan fingerprint density at radius 1 is 0.690 bits per heavy atom. The fourth-order valence-corrected chi connectivity index (χ4v) is 11.3. The van der Waals surface area contributed by atoms with Gasteiger partial charge in [0.25, 0.3) is 0 Å². The van der Waals surface area contributed by atoms with Gasteiger partial charge in [0, 0.05) is 76.7 Å². The van der Waals surface area contributed by atoms with Gasteiger partial charge in [-0.1, -0.05) is 112 Å². The third-order valence-electron chi connectivity index (χ3n) is 16.7. The van der Waals surface area contributed by atoms with Crippen molar-refractivity contribution in [3.05, 3.63) is 85.1 Å². The van der Waals surface area contributed by atoms with E-state index in [-0.39, 0.29) is 43.4 Å². The van der Waals surface area contributed by atoms with Crippen LogP contribution in [0.4, 0.5) is 0 Å². The van der Waals surface area contributed by atoms with Crippen LogP contribution in [0, 0.1) is 17.8 Å². The number of unbranched alkanes of at least 4 members (excludes halogenated alkanes) is 3. The zero-order valence-corrected chi connectivity index (χ0v) is 51.1. The average molecular weight is 1230 g/mol. The van der Waals surface area contributed by atoms with E-state index < -0.39 is 153 Å². The Morgan fingerprint density at radius 2 is 1.31 bits per heavy atom. The molecule has 4 aliphatic rings. The Balaban J connectivity index is 1.50. The van der Waals surface area contributed by atoms with E-state index in [1.807, 2.05) is 30.1 Å². The second-order valence-corrected chi connectivity index (χ2v) is 23.9. The number of allylic oxidation sites excluding steroid dienone is 12. The van der Waals surface area contributed by atoms with Gasteiger partial charge in [0.2, 0.25) is 11.8 Å². The highest BCUT2D eigenvalue weighted by Crippen LogP contribution is 2.39. The molecule has 3 fully saturated rings. The van der Waals surface area contributed by atoms with Crippen molar-refractivity contribution in [2.45, 2.75) is 228 Å². The smallest absolute Gasteiger partial charge is 0.311 e. The third kappa shape index (κ3) is 26.0. The molecule has 494 valence electrons. The molecule has 16 N–H and O–H groups in total. The number of hydrogen-bond acceptors (Lipinski definition) is 21. The summed E-state index contributed by atoms with van der Waals surface area (Å²) in [5.41, 5.74) is 11.5. The molecule has 0 saturated carbocycles. The van der Waals surface area contributed by atoms with Gasteiger partial charge in [-0.2, -0.15) is 0 Å². The van der Waals surface area contributed by atoms with Crippen LogP contribution in [0.2, 0.25) is 0 Å². The summed E-state index contributed by atoms with van der Waals surface area (Å²) < 4.78 is 24.1. The van der Waals surface area contributed by atoms with E-state index in [1.165, 1.54) is 0 Å². The second kappa shape index (κ2) is 38.9. The third-order valence-corrected chi connectivity index (χ3v) is 16.7. The topological polar surface area (TPSA) is 398 Å². The van der Waals surface area contributed by atoms with Crippen LogP contribution in [0.1, 0.15) is 124 Å². The summed E-state index contributed by atoms with van der Waals surface area (Å²) in [6.45, 7) is 9.06. The molecule has 0 aromatic rings. The largest absolute Gasteiger partial charge is 0.481 e. The standard InChI is InChI=1S/C63H103N5O19/c1-40-22-16-13-11-9-7-5-6-8-10-12-14-17-23-47(86-62-59(79)56(58(78)43(4)85-62)68-32-30-67(31-33-68)53(75)25-18-15-21-29-66-60(80)48(65)24-19-20-28-64)37-52-55(61(81)82)51(74)39-63(83,87-52)38-46(71)35-50(73)49(72)27-26-44(69)34-45(70)36-54(76)84-42(3)41(2)57(40)77/h5-14,16-17,22-23,40-52,55-59,62,69-74,77-79,83H,15,18-21,24-39,64-65H2,1-4H3,(H,66,80)(H,81,82)/b6-5+,9-7+,10-8+,13-11+,14-12+,22-16+,23-17+/t40-,41-,42-,43+,44+,45+,46-,47-,48-,49+,50+,51-,52-,55+,56-,57+,58+,59-,62-,63+/m0/s1. The molecule has 0 aromatic carbocycles. The summed E-state index contributed by atoms with van der Waals surface area (Å²) in [7, 11) is 0. The summed E-state index contributed by atoms with van der Waals surface area (Å²) >= 11 is 0. The van der Waals surface area contributed by atoms with E-state index in [9.17, 15) is 75.3 Å². The van der Waals surface area contributed by atoms with Crippen LogP contribution in [0.3, 0.4) is 0 Å². The monoisotopic (exact) mass is 1230 g/mol. The number of ether oxygens (including phenoxy) is 4. The van der Waals surface area contributed by atoms with Crippen molar-refractivity contribution >= 4 is 23.8 Å². The molecule has 4 heterocycles. The van der Waals surface area contributed by atoms with Gasteiger partial charge in [-0.3, -0.25) is 24.1 Å². The first-order chi connectivity index (χ1) is 41.3. The van der Waals surface area contributed by atoms with E-state index in [0.29, 0.717) is 65.0 Å². The highest BCUT2D eigenvalue weighted by molar-refractivity contribution is 5.81. The predicted octanol–water partition coefficient (Wildman–Crippen LogP) is 1.03. The minimum absolute atomic E-state index is 0.0417. The molecular weight excluding hydrogens is 1130 g/mol. The van der Waals surface area contributed by atoms with Crippen molar-refractivity contribution in [3.63, 3.8) is 0 Å². The van der Waals surface area contributed by atoms with E-state index in [2.05, 4.69) is 5.32 Å². The number of carbonyl (C=O) groups is 4. The van der Waals surface area contributed by atoms with Gasteiger partial charge in [0.1, 0.15) is 18.1 Å². The number of fused-ring (bicyclic) bond motifs is 2. The average Bonchev–Trinajstić information content (AvgIpc) is 2.25. The minimum atomic E-state index is -2.38. The maximum absolute atomic E-state index is 13.3. The zero-order chi connectivity index (χ0) is 64.2. The van der Waals surface area contributed by atoms with Crippen LogP contribution in [-0.4, -0.2) is 233 Å². The number of cyclic esters (lactones) is 1. The van der Waals surface area contributed by atoms with Crippen LogP contribution in [0.5, 0.6) is 0 Å². The lowest BCUT2D eigenvalue weighted by atomic mass is 9.82. The summed E-state index contributed by atoms with van der Waals surface area (Å²) in [5.74, 6) is -7.24.